The van der Waals surface area contributed by atoms with Gasteiger partial charge in [0.05, 0.1) is 11.8 Å². The predicted molar refractivity (Wildman–Crippen MR) is 116 cm³/mol. The van der Waals surface area contributed by atoms with Crippen molar-refractivity contribution in [2.45, 2.75) is 59.4 Å². The Morgan fingerprint density at radius 3 is 2.47 bits per heavy atom. The quantitative estimate of drug-likeness (QED) is 0.634. The Kier molecular flexibility index (Phi) is 8.67. The number of ether oxygens (including phenoxy) is 1. The van der Waals surface area contributed by atoms with E-state index < -0.39 is 15.8 Å². The van der Waals surface area contributed by atoms with Crippen LogP contribution in [0.2, 0.25) is 0 Å². The van der Waals surface area contributed by atoms with Gasteiger partial charge >= 0.3 is 0 Å². The zero-order valence-electron chi connectivity index (χ0n) is 18.5. The second kappa shape index (κ2) is 10.6. The molecule has 30 heavy (non-hydrogen) atoms. The maximum Gasteiger partial charge on any atom is 0.223 e. The van der Waals surface area contributed by atoms with Crippen LogP contribution >= 0.6 is 0 Å². The summed E-state index contributed by atoms with van der Waals surface area (Å²) in [4.78, 5) is 12.9. The van der Waals surface area contributed by atoms with Crippen molar-refractivity contribution in [1.82, 2.24) is 9.62 Å². The fourth-order valence-electron chi connectivity index (χ4n) is 3.38. The standard InChI is InChI=1S/C22H35FN2O4S/c1-5-6-15-30(27,28)25-13-11-17(12-14-25)21(26)24-20(22(2,3)4)16-29-19-10-8-7-9-18(19)23/h7-10,17,20H,5-6,11-16H2,1-4H3,(H,24,26). The van der Waals surface area contributed by atoms with Crippen LogP contribution in [0.15, 0.2) is 24.3 Å². The summed E-state index contributed by atoms with van der Waals surface area (Å²) in [6.45, 7) is 8.84. The van der Waals surface area contributed by atoms with Gasteiger partial charge in [0.2, 0.25) is 15.9 Å². The third-order valence-electron chi connectivity index (χ3n) is 5.58. The largest absolute Gasteiger partial charge is 0.488 e. The van der Waals surface area contributed by atoms with Crippen LogP contribution in [0, 0.1) is 17.2 Å². The molecule has 1 unspecified atom stereocenters. The number of unbranched alkanes of at least 4 members (excludes halogenated alkanes) is 1. The molecular formula is C22H35FN2O4S. The fraction of sp³-hybridized carbons (Fsp3) is 0.682. The lowest BCUT2D eigenvalue weighted by Crippen LogP contribution is -2.51. The first-order valence-corrected chi connectivity index (χ1v) is 12.3. The van der Waals surface area contributed by atoms with E-state index in [4.69, 9.17) is 4.74 Å². The van der Waals surface area contributed by atoms with Crippen molar-refractivity contribution in [1.29, 1.82) is 0 Å². The molecule has 0 aromatic heterocycles. The first-order valence-electron chi connectivity index (χ1n) is 10.7. The average Bonchev–Trinajstić information content (AvgIpc) is 2.69. The molecule has 1 atom stereocenters. The van der Waals surface area contributed by atoms with Gasteiger partial charge in [-0.15, -0.1) is 0 Å². The van der Waals surface area contributed by atoms with Crippen molar-refractivity contribution in [3.8, 4) is 5.75 Å². The molecule has 170 valence electrons. The Morgan fingerprint density at radius 1 is 1.27 bits per heavy atom. The highest BCUT2D eigenvalue weighted by Gasteiger charge is 2.34. The number of para-hydroxylation sites is 1. The van der Waals surface area contributed by atoms with Crippen LogP contribution in [0.1, 0.15) is 53.4 Å². The van der Waals surface area contributed by atoms with Crippen LogP contribution in [0.5, 0.6) is 5.75 Å². The Labute approximate surface area is 180 Å². The SMILES string of the molecule is CCCCS(=O)(=O)N1CCC(C(=O)NC(COc2ccccc2F)C(C)(C)C)CC1. The Bertz CT molecular complexity index is 800. The lowest BCUT2D eigenvalue weighted by atomic mass is 9.86. The highest BCUT2D eigenvalue weighted by atomic mass is 32.2. The van der Waals surface area contributed by atoms with E-state index in [1.807, 2.05) is 27.7 Å². The molecule has 8 heteroatoms. The molecule has 1 heterocycles. The molecule has 0 saturated carbocycles. The number of nitrogens with zero attached hydrogens (tertiary/aromatic N) is 1. The summed E-state index contributed by atoms with van der Waals surface area (Å²) in [5.74, 6) is -0.446. The third kappa shape index (κ3) is 6.94. The topological polar surface area (TPSA) is 75.7 Å². The van der Waals surface area contributed by atoms with Crippen molar-refractivity contribution < 1.29 is 22.3 Å². The van der Waals surface area contributed by atoms with E-state index in [1.54, 1.807) is 18.2 Å². The molecule has 1 aromatic carbocycles. The second-order valence-electron chi connectivity index (χ2n) is 9.01. The van der Waals surface area contributed by atoms with Crippen LogP contribution in [0.4, 0.5) is 4.39 Å². The maximum atomic E-state index is 13.8. The number of carbonyl (C=O) groups excluding carboxylic acids is 1. The number of hydrogen-bond donors (Lipinski definition) is 1. The lowest BCUT2D eigenvalue weighted by Gasteiger charge is -2.35. The smallest absolute Gasteiger partial charge is 0.223 e. The summed E-state index contributed by atoms with van der Waals surface area (Å²) in [5.41, 5.74) is -0.287. The van der Waals surface area contributed by atoms with Gasteiger partial charge in [-0.2, -0.15) is 0 Å². The van der Waals surface area contributed by atoms with Gasteiger partial charge in [0.1, 0.15) is 6.61 Å². The molecule has 6 nitrogen and oxygen atoms in total. The van der Waals surface area contributed by atoms with E-state index in [0.717, 1.165) is 6.42 Å². The molecule has 0 radical (unpaired) electrons. The molecular weight excluding hydrogens is 407 g/mol. The van der Waals surface area contributed by atoms with Gasteiger partial charge in [-0.3, -0.25) is 4.79 Å². The first-order chi connectivity index (χ1) is 14.0. The number of piperidine rings is 1. The highest BCUT2D eigenvalue weighted by molar-refractivity contribution is 7.89. The third-order valence-corrected chi connectivity index (χ3v) is 7.53. The number of benzene rings is 1. The summed E-state index contributed by atoms with van der Waals surface area (Å²) in [7, 11) is -3.24. The van der Waals surface area contributed by atoms with Crippen LogP contribution in [0.25, 0.3) is 0 Å². The Morgan fingerprint density at radius 2 is 1.90 bits per heavy atom. The Balaban J connectivity index is 1.93. The monoisotopic (exact) mass is 442 g/mol. The van der Waals surface area contributed by atoms with Crippen LogP contribution in [-0.2, 0) is 14.8 Å². The maximum absolute atomic E-state index is 13.8. The molecule has 1 aliphatic rings. The van der Waals surface area contributed by atoms with E-state index in [2.05, 4.69) is 5.32 Å². The summed E-state index contributed by atoms with van der Waals surface area (Å²) < 4.78 is 45.7. The Hall–Kier alpha value is -1.67. The fourth-order valence-corrected chi connectivity index (χ4v) is 5.06. The van der Waals surface area contributed by atoms with E-state index in [0.29, 0.717) is 32.4 Å². The normalized spacial score (nSPS) is 17.5. The number of nitrogens with one attached hydrogen (secondary N) is 1. The molecule has 1 fully saturated rings. The number of halogens is 1. The average molecular weight is 443 g/mol. The van der Waals surface area contributed by atoms with E-state index in [1.165, 1.54) is 10.4 Å². The molecule has 0 spiro atoms. The number of hydrogen-bond acceptors (Lipinski definition) is 4. The molecule has 1 aliphatic heterocycles. The van der Waals surface area contributed by atoms with Gasteiger partial charge in [0, 0.05) is 19.0 Å². The first kappa shape index (κ1) is 24.6. The van der Waals surface area contributed by atoms with Gasteiger partial charge in [0.25, 0.3) is 0 Å². The van der Waals surface area contributed by atoms with Gasteiger partial charge < -0.3 is 10.1 Å². The highest BCUT2D eigenvalue weighted by Crippen LogP contribution is 2.25. The van der Waals surface area contributed by atoms with Crippen LogP contribution < -0.4 is 10.1 Å². The van der Waals surface area contributed by atoms with E-state index in [-0.39, 0.29) is 41.4 Å². The zero-order chi connectivity index (χ0) is 22.4. The minimum Gasteiger partial charge on any atom is -0.488 e. The van der Waals surface area contributed by atoms with E-state index in [9.17, 15) is 17.6 Å². The van der Waals surface area contributed by atoms with Crippen molar-refractivity contribution in [2.75, 3.05) is 25.4 Å². The van der Waals surface area contributed by atoms with Crippen LogP contribution in [0.3, 0.4) is 0 Å². The molecule has 1 aromatic rings. The minimum atomic E-state index is -3.24. The van der Waals surface area contributed by atoms with Gasteiger partial charge in [0.15, 0.2) is 11.6 Å². The van der Waals surface area contributed by atoms with Gasteiger partial charge in [-0.1, -0.05) is 46.2 Å². The minimum absolute atomic E-state index is 0.0994. The van der Waals surface area contributed by atoms with Crippen molar-refractivity contribution in [2.24, 2.45) is 11.3 Å². The summed E-state index contributed by atoms with van der Waals surface area (Å²) in [6, 6.07) is 5.88. The predicted octanol–water partition coefficient (Wildman–Crippen LogP) is 3.58. The molecule has 1 N–H and O–H groups in total. The molecule has 1 saturated heterocycles. The van der Waals surface area contributed by atoms with Gasteiger partial charge in [-0.05, 0) is 36.8 Å². The molecule has 2 rings (SSSR count). The summed E-state index contributed by atoms with van der Waals surface area (Å²) >= 11 is 0. The lowest BCUT2D eigenvalue weighted by molar-refractivity contribution is -0.128. The molecule has 0 bridgehead atoms. The van der Waals surface area contributed by atoms with Crippen molar-refractivity contribution in [3.05, 3.63) is 30.1 Å². The number of sulfonamides is 1. The van der Waals surface area contributed by atoms with Gasteiger partial charge in [-0.25, -0.2) is 17.1 Å². The summed E-state index contributed by atoms with van der Waals surface area (Å²) in [5, 5.41) is 3.05. The van der Waals surface area contributed by atoms with Crippen molar-refractivity contribution in [3.63, 3.8) is 0 Å². The number of carbonyl (C=O) groups is 1. The zero-order valence-corrected chi connectivity index (χ0v) is 19.3. The molecule has 0 aliphatic carbocycles. The number of amides is 1. The van der Waals surface area contributed by atoms with Crippen LogP contribution in [-0.4, -0.2) is 50.1 Å². The molecule has 1 amide bonds. The summed E-state index contributed by atoms with van der Waals surface area (Å²) in [6.07, 6.45) is 2.49. The van der Waals surface area contributed by atoms with Crippen molar-refractivity contribution >= 4 is 15.9 Å². The second-order valence-corrected chi connectivity index (χ2v) is 11.1. The van der Waals surface area contributed by atoms with E-state index >= 15 is 0 Å². The number of rotatable bonds is 9.